The number of nitrogens with zero attached hydrogens (tertiary/aromatic N) is 4. The van der Waals surface area contributed by atoms with E-state index in [-0.39, 0.29) is 55.5 Å². The molecule has 4 aliphatic rings. The number of benzene rings is 2. The number of likely N-dealkylation sites (tertiary alicyclic amines) is 1. The molecule has 2 aliphatic heterocycles. The molecule has 12 nitrogen and oxygen atoms in total. The SMILES string of the molecule is COc1cc(C2C3=CCC4C(=O)N(CCCC(=O)O)C(=O)C4C3CC3C(=O)N(c4cc(-c5sc6ccc(Cl)cc6c5C)nn4C)C(=O)C32C)cc(I)c1O. The fourth-order valence-electron chi connectivity index (χ4n) is 9.42. The van der Waals surface area contributed by atoms with Crippen LogP contribution in [-0.2, 0) is 31.0 Å². The third kappa shape index (κ3) is 5.34. The van der Waals surface area contributed by atoms with E-state index in [0.29, 0.717) is 25.7 Å². The number of hydrogen-bond donors (Lipinski definition) is 2. The first-order chi connectivity index (χ1) is 25.7. The van der Waals surface area contributed by atoms with Crippen LogP contribution < -0.4 is 9.64 Å². The molecule has 0 radical (unpaired) electrons. The number of phenolic OH excluding ortho intramolecular Hbond substituents is 1. The zero-order valence-corrected chi connectivity index (χ0v) is 33.5. The Morgan fingerprint density at radius 3 is 2.59 bits per heavy atom. The number of amides is 4. The van der Waals surface area contributed by atoms with Crippen LogP contribution in [0.5, 0.6) is 11.5 Å². The van der Waals surface area contributed by atoms with Gasteiger partial charge in [-0.2, -0.15) is 5.10 Å². The molecule has 6 unspecified atom stereocenters. The molecule has 2 aromatic carbocycles. The van der Waals surface area contributed by atoms with Crippen molar-refractivity contribution >= 4 is 91.0 Å². The van der Waals surface area contributed by atoms with Crippen molar-refractivity contribution in [2.24, 2.45) is 36.1 Å². The number of phenols is 1. The number of halogens is 2. The largest absolute Gasteiger partial charge is 0.504 e. The highest BCUT2D eigenvalue weighted by Crippen LogP contribution is 2.64. The van der Waals surface area contributed by atoms with Crippen LogP contribution in [0.2, 0.25) is 5.02 Å². The summed E-state index contributed by atoms with van der Waals surface area (Å²) in [6.45, 7) is 3.79. The van der Waals surface area contributed by atoms with E-state index in [2.05, 4.69) is 0 Å². The fourth-order valence-corrected chi connectivity index (χ4v) is 11.4. The standard InChI is InChI=1S/C39H36ClIN4O8S/c1-17-22-14-19(40)7-10-28(22)54-34(17)26-16-29(43(3)42-26)45-36(50)24-15-23-20(8-9-21-31(23)37(51)44(35(21)49)11-5-6-30(46)47)32(39(24,2)38(45)52)18-12-25(41)33(48)27(13-18)53-4/h7-8,10,12-14,16,21,23-24,31-32,48H,5-6,9,11,15H2,1-4H3,(H,46,47). The van der Waals surface area contributed by atoms with E-state index >= 15 is 4.79 Å². The summed E-state index contributed by atoms with van der Waals surface area (Å²) in [7, 11) is 3.14. The Morgan fingerprint density at radius 2 is 1.87 bits per heavy atom. The molecule has 2 aliphatic carbocycles. The molecule has 2 saturated heterocycles. The van der Waals surface area contributed by atoms with Crippen molar-refractivity contribution in [2.75, 3.05) is 18.6 Å². The Morgan fingerprint density at radius 1 is 1.11 bits per heavy atom. The molecule has 280 valence electrons. The Hall–Kier alpha value is -4.28. The molecule has 15 heteroatoms. The molecule has 3 fully saturated rings. The van der Waals surface area contributed by atoms with Crippen molar-refractivity contribution in [3.8, 4) is 22.1 Å². The Bertz CT molecular complexity index is 2370. The molecule has 6 atom stereocenters. The van der Waals surface area contributed by atoms with Gasteiger partial charge in [0.1, 0.15) is 11.5 Å². The van der Waals surface area contributed by atoms with Gasteiger partial charge in [-0.15, -0.1) is 11.3 Å². The molecule has 0 spiro atoms. The van der Waals surface area contributed by atoms with E-state index in [9.17, 15) is 29.4 Å². The van der Waals surface area contributed by atoms with E-state index in [0.717, 1.165) is 26.1 Å². The van der Waals surface area contributed by atoms with Crippen molar-refractivity contribution in [1.82, 2.24) is 14.7 Å². The van der Waals surface area contributed by atoms with Gasteiger partial charge in [0.15, 0.2) is 11.5 Å². The molecule has 0 bridgehead atoms. The van der Waals surface area contributed by atoms with Crippen LogP contribution in [0.25, 0.3) is 20.7 Å². The van der Waals surface area contributed by atoms with Crippen LogP contribution in [0.4, 0.5) is 5.82 Å². The number of allylic oxidation sites excluding steroid dienone is 2. The second-order valence-corrected chi connectivity index (χ2v) is 17.4. The minimum Gasteiger partial charge on any atom is -0.504 e. The summed E-state index contributed by atoms with van der Waals surface area (Å²) in [6, 6.07) is 10.9. The first kappa shape index (κ1) is 36.7. The van der Waals surface area contributed by atoms with Gasteiger partial charge in [-0.25, -0.2) is 4.90 Å². The molecule has 4 heterocycles. The smallest absolute Gasteiger partial charge is 0.303 e. The van der Waals surface area contributed by atoms with Crippen molar-refractivity contribution in [1.29, 1.82) is 0 Å². The van der Waals surface area contributed by atoms with E-state index in [4.69, 9.17) is 21.4 Å². The van der Waals surface area contributed by atoms with Gasteiger partial charge in [0.05, 0.1) is 38.7 Å². The highest BCUT2D eigenvalue weighted by molar-refractivity contribution is 14.1. The van der Waals surface area contributed by atoms with Gasteiger partial charge in [-0.1, -0.05) is 23.3 Å². The monoisotopic (exact) mass is 882 g/mol. The zero-order valence-electron chi connectivity index (χ0n) is 29.8. The number of carbonyl (C=O) groups is 5. The third-order valence-electron chi connectivity index (χ3n) is 12.0. The lowest BCUT2D eigenvalue weighted by molar-refractivity contribution is -0.142. The summed E-state index contributed by atoms with van der Waals surface area (Å²) in [4.78, 5) is 72.3. The molecular weight excluding hydrogens is 847 g/mol. The maximum atomic E-state index is 15.1. The minimum atomic E-state index is -1.32. The Labute approximate surface area is 332 Å². The summed E-state index contributed by atoms with van der Waals surface area (Å²) in [6.07, 6.45) is 2.33. The van der Waals surface area contributed by atoms with Crippen LogP contribution >= 0.6 is 45.5 Å². The van der Waals surface area contributed by atoms with Crippen molar-refractivity contribution < 1.29 is 38.9 Å². The normalized spacial score (nSPS) is 26.3. The number of methoxy groups -OCH3 is 1. The lowest BCUT2D eigenvalue weighted by Crippen LogP contribution is -2.49. The van der Waals surface area contributed by atoms with E-state index in [1.807, 2.05) is 53.8 Å². The number of aliphatic carboxylic acids is 1. The van der Waals surface area contributed by atoms with Crippen LogP contribution in [0, 0.1) is 39.6 Å². The average Bonchev–Trinajstić information content (AvgIpc) is 3.80. The van der Waals surface area contributed by atoms with Gasteiger partial charge >= 0.3 is 5.97 Å². The number of aromatic nitrogens is 2. The maximum absolute atomic E-state index is 15.1. The number of anilines is 1. The molecule has 4 aromatic rings. The molecule has 2 N–H and O–H groups in total. The van der Waals surface area contributed by atoms with E-state index in [1.165, 1.54) is 16.9 Å². The van der Waals surface area contributed by atoms with Gasteiger partial charge in [0.25, 0.3) is 0 Å². The van der Waals surface area contributed by atoms with Gasteiger partial charge in [0.2, 0.25) is 23.6 Å². The number of hydrogen-bond acceptors (Lipinski definition) is 9. The summed E-state index contributed by atoms with van der Waals surface area (Å²) in [5, 5.41) is 26.4. The van der Waals surface area contributed by atoms with Crippen LogP contribution in [0.1, 0.15) is 49.7 Å². The highest BCUT2D eigenvalue weighted by atomic mass is 127. The number of thiophene rings is 1. The van der Waals surface area contributed by atoms with E-state index < -0.39 is 52.8 Å². The summed E-state index contributed by atoms with van der Waals surface area (Å²) in [5.74, 6) is -5.65. The topological polar surface area (TPSA) is 159 Å². The first-order valence-corrected chi connectivity index (χ1v) is 19.9. The first-order valence-electron chi connectivity index (χ1n) is 17.6. The number of fused-ring (bicyclic) bond motifs is 5. The second kappa shape index (κ2) is 13.2. The number of carboxylic acid groups (broad SMARTS) is 1. The zero-order chi connectivity index (χ0) is 38.5. The lowest BCUT2D eigenvalue weighted by atomic mass is 9.51. The van der Waals surface area contributed by atoms with E-state index in [1.54, 1.807) is 48.2 Å². The van der Waals surface area contributed by atoms with Crippen molar-refractivity contribution in [3.63, 3.8) is 0 Å². The number of carbonyl (C=O) groups excluding carboxylic acids is 4. The quantitative estimate of drug-likeness (QED) is 0.112. The predicted molar refractivity (Wildman–Crippen MR) is 209 cm³/mol. The van der Waals surface area contributed by atoms with Gasteiger partial charge in [-0.3, -0.25) is 33.6 Å². The number of carboxylic acids is 1. The van der Waals surface area contributed by atoms with Crippen molar-refractivity contribution in [3.05, 3.63) is 67.8 Å². The number of aryl methyl sites for hydroxylation is 2. The van der Waals surface area contributed by atoms with Crippen molar-refractivity contribution in [2.45, 2.75) is 45.4 Å². The Balaban J connectivity index is 1.23. The molecule has 1 saturated carbocycles. The Kier molecular flexibility index (Phi) is 8.96. The van der Waals surface area contributed by atoms with Crippen LogP contribution in [0.3, 0.4) is 0 Å². The van der Waals surface area contributed by atoms with Crippen LogP contribution in [-0.4, -0.2) is 68.1 Å². The summed E-state index contributed by atoms with van der Waals surface area (Å²) >= 11 is 9.86. The molecule has 4 amide bonds. The summed E-state index contributed by atoms with van der Waals surface area (Å²) in [5.41, 5.74) is 1.70. The molecular formula is C39H36ClIN4O8S. The van der Waals surface area contributed by atoms with Crippen LogP contribution in [0.15, 0.2) is 48.0 Å². The number of rotatable bonds is 8. The minimum absolute atomic E-state index is 0.00270. The lowest BCUT2D eigenvalue weighted by Gasteiger charge is -2.49. The second-order valence-electron chi connectivity index (χ2n) is 14.7. The molecule has 54 heavy (non-hydrogen) atoms. The number of imide groups is 2. The third-order valence-corrected chi connectivity index (χ3v) is 14.3. The fraction of sp³-hybridized carbons (Fsp3) is 0.385. The highest BCUT2D eigenvalue weighted by Gasteiger charge is 2.68. The van der Waals surface area contributed by atoms with Gasteiger partial charge in [0, 0.05) is 41.7 Å². The average molecular weight is 883 g/mol. The number of aromatic hydroxyl groups is 1. The molecule has 8 rings (SSSR count). The van der Waals surface area contributed by atoms with Gasteiger partial charge < -0.3 is 14.9 Å². The van der Waals surface area contributed by atoms with Gasteiger partial charge in [-0.05, 0) is 108 Å². The maximum Gasteiger partial charge on any atom is 0.303 e. The predicted octanol–water partition coefficient (Wildman–Crippen LogP) is 6.68. The number of ether oxygens (including phenoxy) is 1. The molecule has 2 aromatic heterocycles. The summed E-state index contributed by atoms with van der Waals surface area (Å²) < 4.78 is 8.60.